The van der Waals surface area contributed by atoms with Gasteiger partial charge >= 0.3 is 5.97 Å². The molecule has 0 saturated heterocycles. The third-order valence-corrected chi connectivity index (χ3v) is 3.75. The third-order valence-electron chi connectivity index (χ3n) is 3.75. The first-order valence-electron chi connectivity index (χ1n) is 8.65. The molecule has 0 aromatic heterocycles. The number of nitrogens with one attached hydrogen (secondary N) is 1. The molecule has 3 aromatic carbocycles. The molecule has 5 nitrogen and oxygen atoms in total. The highest BCUT2D eigenvalue weighted by molar-refractivity contribution is 5.95. The van der Waals surface area contributed by atoms with Crippen LogP contribution in [0, 0.1) is 0 Å². The van der Waals surface area contributed by atoms with E-state index in [2.05, 4.69) is 10.5 Å². The van der Waals surface area contributed by atoms with Crippen molar-refractivity contribution in [2.75, 3.05) is 0 Å². The van der Waals surface area contributed by atoms with E-state index in [1.54, 1.807) is 54.6 Å². The highest BCUT2D eigenvalue weighted by atomic mass is 16.5. The van der Waals surface area contributed by atoms with Crippen LogP contribution in [0.15, 0.2) is 96.1 Å². The lowest BCUT2D eigenvalue weighted by atomic mass is 10.2. The molecule has 1 amide bonds. The van der Waals surface area contributed by atoms with E-state index >= 15 is 0 Å². The van der Waals surface area contributed by atoms with Gasteiger partial charge in [0.05, 0.1) is 6.21 Å². The number of esters is 1. The molecule has 0 aliphatic carbocycles. The monoisotopic (exact) mass is 370 g/mol. The molecule has 0 atom stereocenters. The Bertz CT molecular complexity index is 997. The van der Waals surface area contributed by atoms with Crippen LogP contribution in [0.3, 0.4) is 0 Å². The molecular weight excluding hydrogens is 352 g/mol. The minimum Gasteiger partial charge on any atom is -0.423 e. The molecule has 3 aromatic rings. The van der Waals surface area contributed by atoms with Crippen LogP contribution in [-0.4, -0.2) is 18.1 Å². The van der Waals surface area contributed by atoms with Gasteiger partial charge in [0, 0.05) is 17.2 Å². The minimum atomic E-state index is -0.502. The van der Waals surface area contributed by atoms with Gasteiger partial charge in [0.25, 0.3) is 5.91 Å². The second-order valence-corrected chi connectivity index (χ2v) is 5.77. The van der Waals surface area contributed by atoms with Crippen LogP contribution in [0.25, 0.3) is 6.08 Å². The number of ether oxygens (including phenoxy) is 1. The average molecular weight is 370 g/mol. The van der Waals surface area contributed by atoms with Gasteiger partial charge in [0.2, 0.25) is 0 Å². The van der Waals surface area contributed by atoms with Gasteiger partial charge in [-0.15, -0.1) is 0 Å². The van der Waals surface area contributed by atoms with Crippen LogP contribution in [0.1, 0.15) is 21.5 Å². The Labute approximate surface area is 163 Å². The molecule has 0 radical (unpaired) electrons. The molecule has 0 aliphatic heterocycles. The number of nitrogens with zero attached hydrogens (tertiary/aromatic N) is 1. The summed E-state index contributed by atoms with van der Waals surface area (Å²) in [7, 11) is 0. The van der Waals surface area contributed by atoms with Crippen molar-refractivity contribution in [3.63, 3.8) is 0 Å². The van der Waals surface area contributed by atoms with Crippen molar-refractivity contribution < 1.29 is 14.3 Å². The fourth-order valence-electron chi connectivity index (χ4n) is 2.37. The Morgan fingerprint density at radius 2 is 1.46 bits per heavy atom. The minimum absolute atomic E-state index is 0.322. The fourth-order valence-corrected chi connectivity index (χ4v) is 2.37. The topological polar surface area (TPSA) is 67.8 Å². The number of carbonyl (C=O) groups excluding carboxylic acids is 2. The van der Waals surface area contributed by atoms with Gasteiger partial charge in [-0.3, -0.25) is 4.79 Å². The molecule has 0 unspecified atom stereocenters. The second-order valence-electron chi connectivity index (χ2n) is 5.77. The number of benzene rings is 3. The zero-order chi connectivity index (χ0) is 19.6. The molecular formula is C23H18N2O3. The summed E-state index contributed by atoms with van der Waals surface area (Å²) in [5.41, 5.74) is 4.42. The van der Waals surface area contributed by atoms with E-state index in [-0.39, 0.29) is 5.91 Å². The van der Waals surface area contributed by atoms with Crippen molar-refractivity contribution in [3.05, 3.63) is 108 Å². The molecule has 0 spiro atoms. The third kappa shape index (κ3) is 5.51. The van der Waals surface area contributed by atoms with E-state index in [0.29, 0.717) is 16.9 Å². The molecule has 138 valence electrons. The highest BCUT2D eigenvalue weighted by Gasteiger charge is 2.06. The maximum Gasteiger partial charge on any atom is 0.336 e. The van der Waals surface area contributed by atoms with Crippen LogP contribution in [0.5, 0.6) is 5.75 Å². The summed E-state index contributed by atoms with van der Waals surface area (Å²) < 4.78 is 5.38. The molecule has 3 rings (SSSR count). The summed E-state index contributed by atoms with van der Waals surface area (Å²) in [5.74, 6) is -0.474. The normalized spacial score (nSPS) is 10.9. The van der Waals surface area contributed by atoms with Crippen molar-refractivity contribution in [2.24, 2.45) is 5.10 Å². The Hall–Kier alpha value is -3.99. The number of hydrogen-bond donors (Lipinski definition) is 1. The SMILES string of the molecule is O=C(/C=C/c1ccccc1)Oc1ccccc1/C=N/NC(=O)c1ccccc1. The van der Waals surface area contributed by atoms with Crippen molar-refractivity contribution in [2.45, 2.75) is 0 Å². The predicted octanol–water partition coefficient (Wildman–Crippen LogP) is 4.07. The summed E-state index contributed by atoms with van der Waals surface area (Å²) in [6, 6.07) is 25.2. The van der Waals surface area contributed by atoms with Crippen molar-refractivity contribution >= 4 is 24.2 Å². The van der Waals surface area contributed by atoms with Crippen LogP contribution >= 0.6 is 0 Å². The van der Waals surface area contributed by atoms with Gasteiger partial charge in [-0.05, 0) is 35.9 Å². The van der Waals surface area contributed by atoms with Crippen LogP contribution in [0.4, 0.5) is 0 Å². The van der Waals surface area contributed by atoms with E-state index in [1.807, 2.05) is 36.4 Å². The zero-order valence-electron chi connectivity index (χ0n) is 15.0. The van der Waals surface area contributed by atoms with E-state index in [1.165, 1.54) is 12.3 Å². The lowest BCUT2D eigenvalue weighted by Crippen LogP contribution is -2.17. The lowest BCUT2D eigenvalue weighted by Gasteiger charge is -2.05. The number of hydrogen-bond acceptors (Lipinski definition) is 4. The quantitative estimate of drug-likeness (QED) is 0.234. The molecule has 5 heteroatoms. The van der Waals surface area contributed by atoms with Crippen molar-refractivity contribution in [3.8, 4) is 5.75 Å². The molecule has 0 heterocycles. The van der Waals surface area contributed by atoms with E-state index in [4.69, 9.17) is 4.74 Å². The maximum atomic E-state index is 12.1. The lowest BCUT2D eigenvalue weighted by molar-refractivity contribution is -0.128. The smallest absolute Gasteiger partial charge is 0.336 e. The molecule has 28 heavy (non-hydrogen) atoms. The van der Waals surface area contributed by atoms with Gasteiger partial charge in [0.15, 0.2) is 0 Å². The Kier molecular flexibility index (Phi) is 6.47. The fraction of sp³-hybridized carbons (Fsp3) is 0. The number of rotatable bonds is 6. The Balaban J connectivity index is 1.63. The van der Waals surface area contributed by atoms with Crippen molar-refractivity contribution in [1.82, 2.24) is 5.43 Å². The molecule has 0 fully saturated rings. The second kappa shape index (κ2) is 9.64. The van der Waals surface area contributed by atoms with Gasteiger partial charge in [-0.25, -0.2) is 10.2 Å². The summed E-state index contributed by atoms with van der Waals surface area (Å²) >= 11 is 0. The van der Waals surface area contributed by atoms with Gasteiger partial charge in [-0.1, -0.05) is 60.7 Å². The number of carbonyl (C=O) groups is 2. The van der Waals surface area contributed by atoms with E-state index in [0.717, 1.165) is 5.56 Å². The summed E-state index contributed by atoms with van der Waals surface area (Å²) in [6.45, 7) is 0. The molecule has 1 N–H and O–H groups in total. The Morgan fingerprint density at radius 1 is 0.821 bits per heavy atom. The molecule has 0 bridgehead atoms. The summed E-state index contributed by atoms with van der Waals surface area (Å²) in [4.78, 5) is 24.1. The van der Waals surface area contributed by atoms with Crippen molar-refractivity contribution in [1.29, 1.82) is 0 Å². The van der Waals surface area contributed by atoms with Gasteiger partial charge in [-0.2, -0.15) is 5.10 Å². The number of para-hydroxylation sites is 1. The van der Waals surface area contributed by atoms with Crippen LogP contribution in [0.2, 0.25) is 0 Å². The average Bonchev–Trinajstić information content (AvgIpc) is 2.75. The predicted molar refractivity (Wildman–Crippen MR) is 109 cm³/mol. The zero-order valence-corrected chi connectivity index (χ0v) is 15.0. The number of amides is 1. The van der Waals surface area contributed by atoms with Gasteiger partial charge in [0.1, 0.15) is 5.75 Å². The Morgan fingerprint density at radius 3 is 2.21 bits per heavy atom. The first-order chi connectivity index (χ1) is 13.7. The van der Waals surface area contributed by atoms with E-state index < -0.39 is 5.97 Å². The summed E-state index contributed by atoms with van der Waals surface area (Å²) in [5, 5.41) is 3.95. The first kappa shape index (κ1) is 18.8. The van der Waals surface area contributed by atoms with Crippen LogP contribution < -0.4 is 10.2 Å². The van der Waals surface area contributed by atoms with Crippen LogP contribution in [-0.2, 0) is 4.79 Å². The van der Waals surface area contributed by atoms with Gasteiger partial charge < -0.3 is 4.74 Å². The largest absolute Gasteiger partial charge is 0.423 e. The first-order valence-corrected chi connectivity index (χ1v) is 8.65. The maximum absolute atomic E-state index is 12.1. The highest BCUT2D eigenvalue weighted by Crippen LogP contribution is 2.16. The number of hydrazone groups is 1. The standard InChI is InChI=1S/C23H18N2O3/c26-22(16-15-18-9-3-1-4-10-18)28-21-14-8-7-13-20(21)17-24-25-23(27)19-11-5-2-6-12-19/h1-17H,(H,25,27)/b16-15+,24-17+. The molecule has 0 saturated carbocycles. The molecule has 0 aliphatic rings. The van der Waals surface area contributed by atoms with E-state index in [9.17, 15) is 9.59 Å². The summed E-state index contributed by atoms with van der Waals surface area (Å²) in [6.07, 6.45) is 4.48.